The topological polar surface area (TPSA) is 110 Å². The van der Waals surface area contributed by atoms with Crippen molar-refractivity contribution in [2.75, 3.05) is 5.32 Å². The molecule has 0 fully saturated rings. The maximum atomic E-state index is 11.8. The highest BCUT2D eigenvalue weighted by Gasteiger charge is 2.22. The van der Waals surface area contributed by atoms with E-state index in [9.17, 15) is 19.7 Å². The van der Waals surface area contributed by atoms with E-state index in [1.165, 1.54) is 6.07 Å². The van der Waals surface area contributed by atoms with E-state index < -0.39 is 16.3 Å². The SMILES string of the molecule is CC(C)(C)C(=O)Nc1cc(C(=O)O)cc([N+](=O)[O-])c1. The lowest BCUT2D eigenvalue weighted by Crippen LogP contribution is -2.27. The Morgan fingerprint density at radius 2 is 1.84 bits per heavy atom. The minimum atomic E-state index is -1.30. The van der Waals surface area contributed by atoms with Crippen LogP contribution in [-0.2, 0) is 4.79 Å². The molecule has 7 nitrogen and oxygen atoms in total. The third kappa shape index (κ3) is 3.77. The average Bonchev–Trinajstić information content (AvgIpc) is 2.27. The number of nitrogens with zero attached hydrogens (tertiary/aromatic N) is 1. The number of hydrogen-bond donors (Lipinski definition) is 2. The Morgan fingerprint density at radius 1 is 1.26 bits per heavy atom. The van der Waals surface area contributed by atoms with E-state index in [0.717, 1.165) is 12.1 Å². The van der Waals surface area contributed by atoms with Crippen LogP contribution in [0.25, 0.3) is 0 Å². The van der Waals surface area contributed by atoms with Crippen molar-refractivity contribution >= 4 is 23.3 Å². The standard InChI is InChI=1S/C12H14N2O5/c1-12(2,3)11(17)13-8-4-7(10(15)16)5-9(6-8)14(18)19/h4-6H,1-3H3,(H,13,17)(H,15,16). The number of amides is 1. The number of non-ortho nitro benzene ring substituents is 1. The Morgan fingerprint density at radius 3 is 2.26 bits per heavy atom. The van der Waals surface area contributed by atoms with E-state index in [2.05, 4.69) is 5.32 Å². The van der Waals surface area contributed by atoms with Gasteiger partial charge in [0.05, 0.1) is 10.5 Å². The minimum absolute atomic E-state index is 0.0894. The minimum Gasteiger partial charge on any atom is -0.478 e. The van der Waals surface area contributed by atoms with Crippen LogP contribution in [0.5, 0.6) is 0 Å². The van der Waals surface area contributed by atoms with E-state index in [0.29, 0.717) is 0 Å². The summed E-state index contributed by atoms with van der Waals surface area (Å²) in [6.07, 6.45) is 0. The Balaban J connectivity index is 3.17. The lowest BCUT2D eigenvalue weighted by atomic mass is 9.95. The van der Waals surface area contributed by atoms with Crippen molar-refractivity contribution in [1.82, 2.24) is 0 Å². The van der Waals surface area contributed by atoms with Gasteiger partial charge < -0.3 is 10.4 Å². The van der Waals surface area contributed by atoms with Crippen molar-refractivity contribution in [2.45, 2.75) is 20.8 Å². The van der Waals surface area contributed by atoms with E-state index >= 15 is 0 Å². The molecule has 0 heterocycles. The van der Waals surface area contributed by atoms with Crippen LogP contribution in [-0.4, -0.2) is 21.9 Å². The summed E-state index contributed by atoms with van der Waals surface area (Å²) < 4.78 is 0. The molecule has 1 rings (SSSR count). The predicted octanol–water partition coefficient (Wildman–Crippen LogP) is 2.28. The molecule has 19 heavy (non-hydrogen) atoms. The monoisotopic (exact) mass is 266 g/mol. The van der Waals surface area contributed by atoms with Gasteiger partial charge in [-0.1, -0.05) is 20.8 Å². The van der Waals surface area contributed by atoms with Crippen LogP contribution in [0.1, 0.15) is 31.1 Å². The molecule has 0 atom stereocenters. The number of rotatable bonds is 3. The molecular formula is C12H14N2O5. The summed E-state index contributed by atoms with van der Waals surface area (Å²) in [7, 11) is 0. The second kappa shape index (κ2) is 5.05. The normalized spacial score (nSPS) is 10.9. The third-order valence-corrected chi connectivity index (χ3v) is 2.31. The molecule has 0 radical (unpaired) electrons. The molecule has 2 N–H and O–H groups in total. The summed E-state index contributed by atoms with van der Waals surface area (Å²) in [6, 6.07) is 3.24. The molecule has 0 aromatic heterocycles. The lowest BCUT2D eigenvalue weighted by Gasteiger charge is -2.17. The zero-order valence-corrected chi connectivity index (χ0v) is 10.8. The number of anilines is 1. The quantitative estimate of drug-likeness (QED) is 0.644. The molecule has 0 unspecified atom stereocenters. The molecule has 1 aromatic carbocycles. The molecule has 0 aliphatic carbocycles. The first-order chi connectivity index (χ1) is 8.61. The molecule has 102 valence electrons. The fourth-order valence-electron chi connectivity index (χ4n) is 1.23. The van der Waals surface area contributed by atoms with Crippen LogP contribution in [0.2, 0.25) is 0 Å². The van der Waals surface area contributed by atoms with Gasteiger partial charge in [0, 0.05) is 23.2 Å². The van der Waals surface area contributed by atoms with Crippen molar-refractivity contribution in [3.8, 4) is 0 Å². The average molecular weight is 266 g/mol. The number of carbonyl (C=O) groups is 2. The fraction of sp³-hybridized carbons (Fsp3) is 0.333. The van der Waals surface area contributed by atoms with Gasteiger partial charge in [-0.25, -0.2) is 4.79 Å². The van der Waals surface area contributed by atoms with Gasteiger partial charge in [0.1, 0.15) is 0 Å². The third-order valence-electron chi connectivity index (χ3n) is 2.31. The second-order valence-corrected chi connectivity index (χ2v) is 5.03. The molecule has 1 amide bonds. The van der Waals surface area contributed by atoms with Gasteiger partial charge in [0.15, 0.2) is 0 Å². The number of aromatic carboxylic acids is 1. The van der Waals surface area contributed by atoms with E-state index in [-0.39, 0.29) is 22.8 Å². The predicted molar refractivity (Wildman–Crippen MR) is 68.1 cm³/mol. The zero-order chi connectivity index (χ0) is 14.8. The second-order valence-electron chi connectivity index (χ2n) is 5.03. The van der Waals surface area contributed by atoms with Crippen molar-refractivity contribution in [3.05, 3.63) is 33.9 Å². The van der Waals surface area contributed by atoms with Crippen LogP contribution in [0.3, 0.4) is 0 Å². The largest absolute Gasteiger partial charge is 0.478 e. The van der Waals surface area contributed by atoms with Gasteiger partial charge in [0.25, 0.3) is 5.69 Å². The Bertz CT molecular complexity index is 513. The zero-order valence-electron chi connectivity index (χ0n) is 10.8. The van der Waals surface area contributed by atoms with Crippen molar-refractivity contribution in [1.29, 1.82) is 0 Å². The van der Waals surface area contributed by atoms with Crippen LogP contribution >= 0.6 is 0 Å². The van der Waals surface area contributed by atoms with Gasteiger partial charge in [-0.15, -0.1) is 0 Å². The van der Waals surface area contributed by atoms with E-state index in [4.69, 9.17) is 5.11 Å². The number of nitro groups is 1. The Hall–Kier alpha value is -2.44. The molecule has 0 bridgehead atoms. The summed E-state index contributed by atoms with van der Waals surface area (Å²) in [4.78, 5) is 32.6. The summed E-state index contributed by atoms with van der Waals surface area (Å²) in [5.74, 6) is -1.65. The lowest BCUT2D eigenvalue weighted by molar-refractivity contribution is -0.384. The highest BCUT2D eigenvalue weighted by molar-refractivity contribution is 5.97. The van der Waals surface area contributed by atoms with E-state index in [1.807, 2.05) is 0 Å². The number of carboxylic acid groups (broad SMARTS) is 1. The highest BCUT2D eigenvalue weighted by Crippen LogP contribution is 2.23. The Labute approximate surface area is 109 Å². The van der Waals surface area contributed by atoms with Crippen molar-refractivity contribution < 1.29 is 19.6 Å². The van der Waals surface area contributed by atoms with Gasteiger partial charge in [-0.3, -0.25) is 14.9 Å². The Kier molecular flexibility index (Phi) is 3.89. The maximum Gasteiger partial charge on any atom is 0.336 e. The number of benzene rings is 1. The van der Waals surface area contributed by atoms with Crippen LogP contribution in [0.4, 0.5) is 11.4 Å². The molecule has 0 saturated carbocycles. The molecule has 0 aliphatic rings. The molecule has 7 heteroatoms. The molecule has 0 aliphatic heterocycles. The molecule has 0 saturated heterocycles. The summed E-state index contributed by atoms with van der Waals surface area (Å²) >= 11 is 0. The number of nitrogens with one attached hydrogen (secondary N) is 1. The van der Waals surface area contributed by atoms with Crippen LogP contribution in [0.15, 0.2) is 18.2 Å². The highest BCUT2D eigenvalue weighted by atomic mass is 16.6. The van der Waals surface area contributed by atoms with Gasteiger partial charge in [-0.05, 0) is 6.07 Å². The fourth-order valence-corrected chi connectivity index (χ4v) is 1.23. The van der Waals surface area contributed by atoms with Gasteiger partial charge in [-0.2, -0.15) is 0 Å². The maximum absolute atomic E-state index is 11.8. The molecule has 0 spiro atoms. The van der Waals surface area contributed by atoms with E-state index in [1.54, 1.807) is 20.8 Å². The number of carbonyl (C=O) groups excluding carboxylic acids is 1. The number of nitro benzene ring substituents is 1. The van der Waals surface area contributed by atoms with Gasteiger partial charge >= 0.3 is 5.97 Å². The first-order valence-corrected chi connectivity index (χ1v) is 5.45. The summed E-state index contributed by atoms with van der Waals surface area (Å²) in [6.45, 7) is 5.04. The first kappa shape index (κ1) is 14.6. The number of hydrogen-bond acceptors (Lipinski definition) is 4. The van der Waals surface area contributed by atoms with Crippen molar-refractivity contribution in [2.24, 2.45) is 5.41 Å². The molecule has 1 aromatic rings. The van der Waals surface area contributed by atoms with Crippen molar-refractivity contribution in [3.63, 3.8) is 0 Å². The summed E-state index contributed by atoms with van der Waals surface area (Å²) in [5, 5.41) is 22.1. The summed E-state index contributed by atoms with van der Waals surface area (Å²) in [5.41, 5.74) is -1.23. The van der Waals surface area contributed by atoms with Gasteiger partial charge in [0.2, 0.25) is 5.91 Å². The van der Waals surface area contributed by atoms with Crippen LogP contribution < -0.4 is 5.32 Å². The van der Waals surface area contributed by atoms with Crippen LogP contribution in [0, 0.1) is 15.5 Å². The smallest absolute Gasteiger partial charge is 0.336 e. The first-order valence-electron chi connectivity index (χ1n) is 5.45. The molecular weight excluding hydrogens is 252 g/mol. The number of carboxylic acids is 1.